The van der Waals surface area contributed by atoms with E-state index in [4.69, 9.17) is 15.1 Å². The van der Waals surface area contributed by atoms with Crippen LogP contribution in [0, 0.1) is 11.3 Å². The molecule has 0 aromatic heterocycles. The summed E-state index contributed by atoms with van der Waals surface area (Å²) in [7, 11) is 0. The Morgan fingerprint density at radius 2 is 2.05 bits per heavy atom. The van der Waals surface area contributed by atoms with Gasteiger partial charge in [-0.25, -0.2) is 0 Å². The van der Waals surface area contributed by atoms with Gasteiger partial charge in [0.15, 0.2) is 0 Å². The first-order chi connectivity index (χ1) is 9.13. The SMILES string of the molecule is CCNC(C)(C#N)CCOc1ccc(CCO)cc1. The molecule has 1 rings (SSSR count). The van der Waals surface area contributed by atoms with E-state index < -0.39 is 5.54 Å². The van der Waals surface area contributed by atoms with Crippen molar-refractivity contribution in [2.24, 2.45) is 0 Å². The van der Waals surface area contributed by atoms with Crippen LogP contribution in [0.25, 0.3) is 0 Å². The monoisotopic (exact) mass is 262 g/mol. The van der Waals surface area contributed by atoms with Crippen LogP contribution < -0.4 is 10.1 Å². The summed E-state index contributed by atoms with van der Waals surface area (Å²) >= 11 is 0. The molecule has 4 heteroatoms. The summed E-state index contributed by atoms with van der Waals surface area (Å²) in [5, 5.41) is 21.1. The third-order valence-electron chi connectivity index (χ3n) is 3.01. The summed E-state index contributed by atoms with van der Waals surface area (Å²) in [6.07, 6.45) is 1.29. The first-order valence-electron chi connectivity index (χ1n) is 6.62. The van der Waals surface area contributed by atoms with Crippen LogP contribution in [-0.4, -0.2) is 30.4 Å². The maximum Gasteiger partial charge on any atom is 0.119 e. The highest BCUT2D eigenvalue weighted by Crippen LogP contribution is 2.15. The number of hydrogen-bond acceptors (Lipinski definition) is 4. The normalized spacial score (nSPS) is 13.6. The molecule has 0 saturated heterocycles. The number of nitriles is 1. The van der Waals surface area contributed by atoms with Crippen LogP contribution in [0.15, 0.2) is 24.3 Å². The van der Waals surface area contributed by atoms with Crippen molar-refractivity contribution in [2.75, 3.05) is 19.8 Å². The number of hydrogen-bond donors (Lipinski definition) is 2. The number of nitrogens with zero attached hydrogens (tertiary/aromatic N) is 1. The van der Waals surface area contributed by atoms with E-state index in [1.54, 1.807) is 0 Å². The van der Waals surface area contributed by atoms with Crippen molar-refractivity contribution >= 4 is 0 Å². The molecule has 0 bridgehead atoms. The Kier molecular flexibility index (Phi) is 6.34. The second kappa shape index (κ2) is 7.78. The summed E-state index contributed by atoms with van der Waals surface area (Å²) in [5.41, 5.74) is 0.551. The molecule has 0 fully saturated rings. The summed E-state index contributed by atoms with van der Waals surface area (Å²) < 4.78 is 5.63. The third-order valence-corrected chi connectivity index (χ3v) is 3.01. The van der Waals surface area contributed by atoms with Crippen molar-refractivity contribution in [1.82, 2.24) is 5.32 Å². The molecule has 0 heterocycles. The molecule has 104 valence electrons. The van der Waals surface area contributed by atoms with Gasteiger partial charge in [0.1, 0.15) is 11.3 Å². The van der Waals surface area contributed by atoms with Gasteiger partial charge in [-0.1, -0.05) is 19.1 Å². The van der Waals surface area contributed by atoms with Crippen molar-refractivity contribution in [3.8, 4) is 11.8 Å². The first kappa shape index (κ1) is 15.5. The average molecular weight is 262 g/mol. The molecule has 0 saturated carbocycles. The molecular formula is C15H22N2O2. The molecule has 19 heavy (non-hydrogen) atoms. The first-order valence-corrected chi connectivity index (χ1v) is 6.62. The van der Waals surface area contributed by atoms with Gasteiger partial charge in [-0.15, -0.1) is 0 Å². The van der Waals surface area contributed by atoms with Gasteiger partial charge in [-0.05, 0) is 37.6 Å². The highest BCUT2D eigenvalue weighted by molar-refractivity contribution is 5.27. The van der Waals surface area contributed by atoms with Gasteiger partial charge >= 0.3 is 0 Å². The smallest absolute Gasteiger partial charge is 0.119 e. The molecule has 2 N–H and O–H groups in total. The molecule has 0 aliphatic rings. The van der Waals surface area contributed by atoms with Gasteiger partial charge in [0.25, 0.3) is 0 Å². The minimum Gasteiger partial charge on any atom is -0.493 e. The number of aliphatic hydroxyl groups excluding tert-OH is 1. The highest BCUT2D eigenvalue weighted by atomic mass is 16.5. The fraction of sp³-hybridized carbons (Fsp3) is 0.533. The van der Waals surface area contributed by atoms with Gasteiger partial charge in [-0.3, -0.25) is 5.32 Å². The quantitative estimate of drug-likeness (QED) is 0.751. The largest absolute Gasteiger partial charge is 0.493 e. The molecular weight excluding hydrogens is 240 g/mol. The molecule has 1 aromatic carbocycles. The van der Waals surface area contributed by atoms with E-state index in [2.05, 4.69) is 11.4 Å². The van der Waals surface area contributed by atoms with Crippen LogP contribution in [0.4, 0.5) is 0 Å². The predicted molar refractivity (Wildman–Crippen MR) is 75.0 cm³/mol. The number of ether oxygens (including phenoxy) is 1. The Hall–Kier alpha value is -1.57. The van der Waals surface area contributed by atoms with Crippen molar-refractivity contribution in [1.29, 1.82) is 5.26 Å². The van der Waals surface area contributed by atoms with E-state index in [1.165, 1.54) is 0 Å². The molecule has 0 amide bonds. The minimum absolute atomic E-state index is 0.156. The Bertz CT molecular complexity index is 411. The molecule has 1 atom stereocenters. The zero-order valence-electron chi connectivity index (χ0n) is 11.6. The fourth-order valence-electron chi connectivity index (χ4n) is 1.83. The molecule has 0 aliphatic carbocycles. The highest BCUT2D eigenvalue weighted by Gasteiger charge is 2.21. The molecule has 1 aromatic rings. The van der Waals surface area contributed by atoms with Crippen molar-refractivity contribution in [2.45, 2.75) is 32.2 Å². The molecule has 0 spiro atoms. The van der Waals surface area contributed by atoms with E-state index in [0.717, 1.165) is 17.9 Å². The second-order valence-corrected chi connectivity index (χ2v) is 4.69. The van der Waals surface area contributed by atoms with E-state index >= 15 is 0 Å². The van der Waals surface area contributed by atoms with Crippen LogP contribution in [-0.2, 0) is 6.42 Å². The summed E-state index contributed by atoms with van der Waals surface area (Å²) in [5.74, 6) is 0.790. The molecule has 1 unspecified atom stereocenters. The third kappa shape index (κ3) is 5.29. The Balaban J connectivity index is 2.42. The number of benzene rings is 1. The molecule has 0 radical (unpaired) electrons. The Morgan fingerprint density at radius 3 is 2.58 bits per heavy atom. The lowest BCUT2D eigenvalue weighted by Crippen LogP contribution is -2.42. The van der Waals surface area contributed by atoms with Crippen molar-refractivity contribution in [3.63, 3.8) is 0 Å². The van der Waals surface area contributed by atoms with Crippen LogP contribution in [0.1, 0.15) is 25.8 Å². The summed E-state index contributed by atoms with van der Waals surface area (Å²) in [4.78, 5) is 0. The maximum absolute atomic E-state index is 9.12. The van der Waals surface area contributed by atoms with Gasteiger partial charge in [0.2, 0.25) is 0 Å². The number of rotatable bonds is 8. The van der Waals surface area contributed by atoms with Gasteiger partial charge in [-0.2, -0.15) is 5.26 Å². The minimum atomic E-state index is -0.536. The summed E-state index contributed by atoms with van der Waals surface area (Å²) in [6, 6.07) is 9.94. The van der Waals surface area contributed by atoms with Crippen molar-refractivity contribution in [3.05, 3.63) is 29.8 Å². The van der Waals surface area contributed by atoms with Crippen LogP contribution >= 0.6 is 0 Å². The van der Waals surface area contributed by atoms with E-state index in [1.807, 2.05) is 38.1 Å². The fourth-order valence-corrected chi connectivity index (χ4v) is 1.83. The van der Waals surface area contributed by atoms with Crippen LogP contribution in [0.3, 0.4) is 0 Å². The zero-order valence-corrected chi connectivity index (χ0v) is 11.6. The lowest BCUT2D eigenvalue weighted by Gasteiger charge is -2.22. The van der Waals surface area contributed by atoms with Gasteiger partial charge in [0, 0.05) is 13.0 Å². The Morgan fingerprint density at radius 1 is 1.37 bits per heavy atom. The second-order valence-electron chi connectivity index (χ2n) is 4.69. The van der Waals surface area contributed by atoms with Crippen molar-refractivity contribution < 1.29 is 9.84 Å². The van der Waals surface area contributed by atoms with E-state index in [-0.39, 0.29) is 6.61 Å². The van der Waals surface area contributed by atoms with E-state index in [0.29, 0.717) is 19.4 Å². The standard InChI is InChI=1S/C15H22N2O2/c1-3-17-15(2,12-16)9-11-19-14-6-4-13(5-7-14)8-10-18/h4-7,17-18H,3,8-11H2,1-2H3. The maximum atomic E-state index is 9.12. The number of nitrogens with one attached hydrogen (secondary N) is 1. The lowest BCUT2D eigenvalue weighted by molar-refractivity contribution is 0.268. The average Bonchev–Trinajstić information content (AvgIpc) is 2.41. The Labute approximate surface area is 115 Å². The van der Waals surface area contributed by atoms with Crippen LogP contribution in [0.2, 0.25) is 0 Å². The zero-order chi connectivity index (χ0) is 14.1. The lowest BCUT2D eigenvalue weighted by atomic mass is 10.0. The molecule has 4 nitrogen and oxygen atoms in total. The van der Waals surface area contributed by atoms with Gasteiger partial charge in [0.05, 0.1) is 12.7 Å². The molecule has 0 aliphatic heterocycles. The number of aliphatic hydroxyl groups is 1. The summed E-state index contributed by atoms with van der Waals surface area (Å²) in [6.45, 7) is 5.28. The predicted octanol–water partition coefficient (Wildman–Crippen LogP) is 1.88. The van der Waals surface area contributed by atoms with Crippen LogP contribution in [0.5, 0.6) is 5.75 Å². The topological polar surface area (TPSA) is 65.3 Å². The van der Waals surface area contributed by atoms with E-state index in [9.17, 15) is 0 Å². The van der Waals surface area contributed by atoms with Gasteiger partial charge < -0.3 is 9.84 Å².